The van der Waals surface area contributed by atoms with Gasteiger partial charge in [0.2, 0.25) is 0 Å². The zero-order valence-corrected chi connectivity index (χ0v) is 24.0. The number of alkyl halides is 2. The number of pyridine rings is 1. The molecule has 4 heterocycles. The molecule has 3 aliphatic carbocycles. The Bertz CT molecular complexity index is 1740. The maximum Gasteiger partial charge on any atom is 0.333 e. The van der Waals surface area contributed by atoms with Gasteiger partial charge in [0.1, 0.15) is 11.6 Å². The topological polar surface area (TPSA) is 153 Å². The lowest BCUT2D eigenvalue weighted by molar-refractivity contribution is -0.0191. The number of rotatable bonds is 10. The van der Waals surface area contributed by atoms with Crippen molar-refractivity contribution in [1.82, 2.24) is 33.9 Å². The second kappa shape index (κ2) is 10.6. The molecule has 4 aromatic heterocycles. The summed E-state index contributed by atoms with van der Waals surface area (Å²) in [5, 5.41) is 25.4. The van der Waals surface area contributed by atoms with Crippen LogP contribution >= 0.6 is 0 Å². The van der Waals surface area contributed by atoms with E-state index in [-0.39, 0.29) is 6.04 Å². The van der Waals surface area contributed by atoms with Crippen LogP contribution in [0.25, 0.3) is 22.6 Å². The van der Waals surface area contributed by atoms with Crippen molar-refractivity contribution in [3.8, 4) is 22.6 Å². The average molecular weight is 612 g/mol. The fraction of sp³-hybridized carbons (Fsp3) is 0.464. The summed E-state index contributed by atoms with van der Waals surface area (Å²) in [6, 6.07) is 5.04. The predicted octanol–water partition coefficient (Wildman–Crippen LogP) is 4.57. The number of halogens is 2. The second-order valence-corrected chi connectivity index (χ2v) is 13.7. The Morgan fingerprint density at radius 2 is 1.81 bits per heavy atom. The van der Waals surface area contributed by atoms with Gasteiger partial charge in [-0.3, -0.25) is 0 Å². The number of hydrogen-bond donors (Lipinski definition) is 3. The highest BCUT2D eigenvalue weighted by Gasteiger charge is 2.45. The van der Waals surface area contributed by atoms with E-state index >= 15 is 0 Å². The van der Waals surface area contributed by atoms with Crippen LogP contribution in [0.15, 0.2) is 49.2 Å². The highest BCUT2D eigenvalue weighted by molar-refractivity contribution is 7.90. The van der Waals surface area contributed by atoms with Crippen molar-refractivity contribution in [2.24, 2.45) is 5.92 Å². The highest BCUT2D eigenvalue weighted by Crippen LogP contribution is 2.47. The maximum absolute atomic E-state index is 13.3. The van der Waals surface area contributed by atoms with Crippen LogP contribution in [-0.4, -0.2) is 64.3 Å². The third-order valence-electron chi connectivity index (χ3n) is 8.47. The minimum Gasteiger partial charge on any atom is -0.390 e. The molecule has 0 spiro atoms. The third kappa shape index (κ3) is 5.70. The molecule has 0 amide bonds. The van der Waals surface area contributed by atoms with E-state index in [1.807, 2.05) is 0 Å². The zero-order chi connectivity index (χ0) is 29.8. The van der Waals surface area contributed by atoms with E-state index in [0.29, 0.717) is 76.3 Å². The maximum atomic E-state index is 13.3. The summed E-state index contributed by atoms with van der Waals surface area (Å²) in [4.78, 5) is 13.3. The van der Waals surface area contributed by atoms with Crippen molar-refractivity contribution in [3.05, 3.63) is 49.2 Å². The number of nitrogens with zero attached hydrogens (tertiary/aromatic N) is 7. The van der Waals surface area contributed by atoms with Crippen LogP contribution in [0.3, 0.4) is 0 Å². The molecular formula is C28H31F2N9O3S. The zero-order valence-electron chi connectivity index (χ0n) is 23.1. The molecule has 3 N–H and O–H groups in total. The minimum absolute atomic E-state index is 0.0827. The van der Waals surface area contributed by atoms with Gasteiger partial charge in [-0.2, -0.15) is 23.1 Å². The fourth-order valence-electron chi connectivity index (χ4n) is 5.73. The van der Waals surface area contributed by atoms with Crippen LogP contribution in [0.2, 0.25) is 0 Å². The molecule has 0 aliphatic heterocycles. The van der Waals surface area contributed by atoms with Crippen molar-refractivity contribution in [2.75, 3.05) is 10.6 Å². The van der Waals surface area contributed by atoms with Crippen molar-refractivity contribution in [1.29, 1.82) is 0 Å². The molecular weight excluding hydrogens is 580 g/mol. The van der Waals surface area contributed by atoms with Gasteiger partial charge in [-0.1, -0.05) is 0 Å². The van der Waals surface area contributed by atoms with Crippen LogP contribution in [0.5, 0.6) is 0 Å². The van der Waals surface area contributed by atoms with Gasteiger partial charge in [0, 0.05) is 41.9 Å². The van der Waals surface area contributed by atoms with Gasteiger partial charge in [-0.15, -0.1) is 0 Å². The largest absolute Gasteiger partial charge is 0.390 e. The van der Waals surface area contributed by atoms with Crippen molar-refractivity contribution < 1.29 is 22.3 Å². The molecule has 0 bridgehead atoms. The van der Waals surface area contributed by atoms with E-state index in [1.165, 1.54) is 24.7 Å². The van der Waals surface area contributed by atoms with Crippen LogP contribution < -0.4 is 10.6 Å². The van der Waals surface area contributed by atoms with E-state index in [1.54, 1.807) is 24.5 Å². The van der Waals surface area contributed by atoms with Gasteiger partial charge < -0.3 is 15.7 Å². The number of nitrogens with one attached hydrogen (secondary N) is 2. The Labute approximate surface area is 246 Å². The monoisotopic (exact) mass is 611 g/mol. The Balaban J connectivity index is 1.13. The Morgan fingerprint density at radius 3 is 2.51 bits per heavy atom. The summed E-state index contributed by atoms with van der Waals surface area (Å²) < 4.78 is 53.2. The molecule has 15 heteroatoms. The van der Waals surface area contributed by atoms with Crippen molar-refractivity contribution >= 4 is 27.3 Å². The van der Waals surface area contributed by atoms with Crippen LogP contribution in [0.4, 0.5) is 26.1 Å². The summed E-state index contributed by atoms with van der Waals surface area (Å²) in [7, 11) is -3.51. The van der Waals surface area contributed by atoms with Crippen LogP contribution in [-0.2, 0) is 10.0 Å². The second-order valence-electron chi connectivity index (χ2n) is 11.6. The van der Waals surface area contributed by atoms with E-state index in [0.717, 1.165) is 29.8 Å². The molecule has 226 valence electrons. The lowest BCUT2D eigenvalue weighted by Gasteiger charge is -2.37. The molecule has 0 saturated heterocycles. The van der Waals surface area contributed by atoms with E-state index < -0.39 is 27.4 Å². The van der Waals surface area contributed by atoms with Gasteiger partial charge in [-0.05, 0) is 69.4 Å². The fourth-order valence-corrected chi connectivity index (χ4v) is 7.20. The molecule has 12 nitrogen and oxygen atoms in total. The van der Waals surface area contributed by atoms with E-state index in [9.17, 15) is 22.3 Å². The SMILES string of the molecule is O=S(=O)(C1CC1)n1cc(-c2nccc(Nc3cc(NC4CCC(O)(C5CC5)CC4)c(-c4ccn(C(F)F)n4)cn3)n2)cn1. The summed E-state index contributed by atoms with van der Waals surface area (Å²) in [5.74, 6) is 1.55. The number of aromatic nitrogens is 7. The molecule has 3 fully saturated rings. The number of hydrogen-bond acceptors (Lipinski definition) is 10. The number of anilines is 3. The molecule has 0 aromatic carbocycles. The van der Waals surface area contributed by atoms with Gasteiger partial charge in [0.05, 0.1) is 34.5 Å². The quantitative estimate of drug-likeness (QED) is 0.232. The first-order valence-electron chi connectivity index (χ1n) is 14.4. The molecule has 0 atom stereocenters. The smallest absolute Gasteiger partial charge is 0.333 e. The average Bonchev–Trinajstić information content (AvgIpc) is 3.93. The Morgan fingerprint density at radius 1 is 1.02 bits per heavy atom. The molecule has 3 aliphatic rings. The summed E-state index contributed by atoms with van der Waals surface area (Å²) in [6.07, 6.45) is 13.6. The standard InChI is InChI=1S/C28H31F2N9O3S/c29-27(30)38-12-8-22(37-38)21-15-32-25(13-23(21)34-19-5-9-28(40,10-6-19)18-1-2-18)35-24-7-11-31-26(36-24)17-14-33-39(16-17)43(41,42)20-3-4-20/h7-8,11-16,18-20,27,40H,1-6,9-10H2,(H2,31,32,34,35,36). The van der Waals surface area contributed by atoms with Crippen LogP contribution in [0, 0.1) is 5.92 Å². The number of aliphatic hydroxyl groups is 1. The lowest BCUT2D eigenvalue weighted by Crippen LogP contribution is -2.40. The van der Waals surface area contributed by atoms with E-state index in [2.05, 4.69) is 35.8 Å². The normalized spacial score (nSPS) is 22.6. The summed E-state index contributed by atoms with van der Waals surface area (Å²) in [5.41, 5.74) is 1.46. The first-order chi connectivity index (χ1) is 20.7. The Hall–Kier alpha value is -3.98. The highest BCUT2D eigenvalue weighted by atomic mass is 32.2. The molecule has 4 aromatic rings. The molecule has 0 radical (unpaired) electrons. The van der Waals surface area contributed by atoms with Crippen molar-refractivity contribution in [3.63, 3.8) is 0 Å². The van der Waals surface area contributed by atoms with Gasteiger partial charge in [0.15, 0.2) is 5.82 Å². The summed E-state index contributed by atoms with van der Waals surface area (Å²) >= 11 is 0. The Kier molecular flexibility index (Phi) is 6.88. The minimum atomic E-state index is -3.51. The van der Waals surface area contributed by atoms with Gasteiger partial charge in [0.25, 0.3) is 10.0 Å². The van der Waals surface area contributed by atoms with Gasteiger partial charge >= 0.3 is 6.55 Å². The molecule has 0 unspecified atom stereocenters. The van der Waals surface area contributed by atoms with Gasteiger partial charge in [-0.25, -0.2) is 28.1 Å². The first kappa shape index (κ1) is 27.8. The van der Waals surface area contributed by atoms with Crippen molar-refractivity contribution in [2.45, 2.75) is 74.8 Å². The predicted molar refractivity (Wildman–Crippen MR) is 154 cm³/mol. The van der Waals surface area contributed by atoms with E-state index in [4.69, 9.17) is 0 Å². The lowest BCUT2D eigenvalue weighted by atomic mass is 9.79. The third-order valence-corrected chi connectivity index (χ3v) is 10.5. The van der Waals surface area contributed by atoms with Crippen LogP contribution in [0.1, 0.15) is 57.9 Å². The molecule has 7 rings (SSSR count). The summed E-state index contributed by atoms with van der Waals surface area (Å²) in [6.45, 7) is -2.76. The molecule has 3 saturated carbocycles. The molecule has 43 heavy (non-hydrogen) atoms. The first-order valence-corrected chi connectivity index (χ1v) is 15.9.